The highest BCUT2D eigenvalue weighted by Gasteiger charge is 2.35. The average Bonchev–Trinajstić information content (AvgIpc) is 2.52. The first-order valence-electron chi connectivity index (χ1n) is 7.81. The number of para-hydroxylation sites is 1. The van der Waals surface area contributed by atoms with Gasteiger partial charge in [0.15, 0.2) is 0 Å². The van der Waals surface area contributed by atoms with Crippen LogP contribution >= 0.6 is 0 Å². The molecule has 2 fully saturated rings. The van der Waals surface area contributed by atoms with Gasteiger partial charge < -0.3 is 25.0 Å². The normalized spacial score (nSPS) is 18.4. The molecule has 1 aromatic carbocycles. The number of hydrogen-bond donors (Lipinski definition) is 2. The lowest BCUT2D eigenvalue weighted by atomic mass is 10.0. The van der Waals surface area contributed by atoms with Crippen molar-refractivity contribution < 1.29 is 19.4 Å². The van der Waals surface area contributed by atoms with Gasteiger partial charge in [0.2, 0.25) is 0 Å². The van der Waals surface area contributed by atoms with Crippen LogP contribution in [0.15, 0.2) is 24.3 Å². The number of amides is 2. The summed E-state index contributed by atoms with van der Waals surface area (Å²) >= 11 is 0. The van der Waals surface area contributed by atoms with Gasteiger partial charge in [-0.3, -0.25) is 4.79 Å². The highest BCUT2D eigenvalue weighted by atomic mass is 16.5. The van der Waals surface area contributed by atoms with Gasteiger partial charge in [-0.25, -0.2) is 4.79 Å². The molecule has 23 heavy (non-hydrogen) atoms. The standard InChI is InChI=1S/C16H21N3O4/c20-15(21)13-10-19(11-13)16(22)17-9-12-3-1-2-4-14(12)18-5-7-23-8-6-18/h1-4,13H,5-11H2,(H,17,22)(H,20,21). The third-order valence-electron chi connectivity index (χ3n) is 4.29. The zero-order valence-corrected chi connectivity index (χ0v) is 12.9. The lowest BCUT2D eigenvalue weighted by molar-refractivity contribution is -0.146. The molecule has 0 spiro atoms. The summed E-state index contributed by atoms with van der Waals surface area (Å²) in [7, 11) is 0. The Bertz CT molecular complexity index is 580. The molecule has 0 saturated carbocycles. The van der Waals surface area contributed by atoms with Gasteiger partial charge in [0, 0.05) is 38.4 Å². The summed E-state index contributed by atoms with van der Waals surface area (Å²) in [5.41, 5.74) is 2.17. The van der Waals surface area contributed by atoms with Crippen molar-refractivity contribution in [1.82, 2.24) is 10.2 Å². The van der Waals surface area contributed by atoms with Crippen molar-refractivity contribution in [3.63, 3.8) is 0 Å². The van der Waals surface area contributed by atoms with E-state index in [1.807, 2.05) is 18.2 Å². The Kier molecular flexibility index (Phi) is 4.66. The Hall–Kier alpha value is -2.28. The smallest absolute Gasteiger partial charge is 0.317 e. The Balaban J connectivity index is 1.56. The Morgan fingerprint density at radius 2 is 1.91 bits per heavy atom. The highest BCUT2D eigenvalue weighted by Crippen LogP contribution is 2.22. The Morgan fingerprint density at radius 1 is 1.22 bits per heavy atom. The molecule has 2 amide bonds. The van der Waals surface area contributed by atoms with Gasteiger partial charge in [-0.1, -0.05) is 18.2 Å². The number of ether oxygens (including phenoxy) is 1. The molecule has 7 nitrogen and oxygen atoms in total. The molecular formula is C16H21N3O4. The number of rotatable bonds is 4. The molecule has 0 radical (unpaired) electrons. The van der Waals surface area contributed by atoms with E-state index in [4.69, 9.17) is 9.84 Å². The first-order valence-corrected chi connectivity index (χ1v) is 7.81. The molecule has 2 aliphatic heterocycles. The molecule has 2 N–H and O–H groups in total. The van der Waals surface area contributed by atoms with Gasteiger partial charge in [0.25, 0.3) is 0 Å². The van der Waals surface area contributed by atoms with Crippen LogP contribution in [0, 0.1) is 5.92 Å². The van der Waals surface area contributed by atoms with Gasteiger partial charge >= 0.3 is 12.0 Å². The van der Waals surface area contributed by atoms with Crippen LogP contribution in [-0.4, -0.2) is 61.4 Å². The Morgan fingerprint density at radius 3 is 2.61 bits per heavy atom. The maximum atomic E-state index is 12.0. The van der Waals surface area contributed by atoms with E-state index in [9.17, 15) is 9.59 Å². The maximum Gasteiger partial charge on any atom is 0.317 e. The minimum absolute atomic E-state index is 0.209. The number of carbonyl (C=O) groups excluding carboxylic acids is 1. The summed E-state index contributed by atoms with van der Waals surface area (Å²) in [6.45, 7) is 4.12. The van der Waals surface area contributed by atoms with Crippen LogP contribution in [0.4, 0.5) is 10.5 Å². The highest BCUT2D eigenvalue weighted by molar-refractivity contribution is 5.79. The fourth-order valence-electron chi connectivity index (χ4n) is 2.86. The molecule has 7 heteroatoms. The number of carboxylic acid groups (broad SMARTS) is 1. The number of carboxylic acids is 1. The molecule has 0 atom stereocenters. The lowest BCUT2D eigenvalue weighted by Crippen LogP contribution is -2.56. The zero-order valence-electron chi connectivity index (χ0n) is 12.9. The molecule has 0 aromatic heterocycles. The fraction of sp³-hybridized carbons (Fsp3) is 0.500. The summed E-state index contributed by atoms with van der Waals surface area (Å²) < 4.78 is 5.38. The molecule has 3 rings (SSSR count). The fourth-order valence-corrected chi connectivity index (χ4v) is 2.86. The minimum atomic E-state index is -0.841. The second-order valence-corrected chi connectivity index (χ2v) is 5.83. The summed E-state index contributed by atoms with van der Waals surface area (Å²) in [6, 6.07) is 7.79. The molecular weight excluding hydrogens is 298 g/mol. The van der Waals surface area contributed by atoms with Crippen molar-refractivity contribution in [3.8, 4) is 0 Å². The van der Waals surface area contributed by atoms with Crippen molar-refractivity contribution in [3.05, 3.63) is 29.8 Å². The van der Waals surface area contributed by atoms with Gasteiger partial charge in [0.05, 0.1) is 19.1 Å². The van der Waals surface area contributed by atoms with Crippen molar-refractivity contribution in [2.24, 2.45) is 5.92 Å². The maximum absolute atomic E-state index is 12.0. The van der Waals surface area contributed by atoms with Gasteiger partial charge in [-0.15, -0.1) is 0 Å². The van der Waals surface area contributed by atoms with E-state index in [1.54, 1.807) is 0 Å². The average molecular weight is 319 g/mol. The third kappa shape index (κ3) is 3.56. The lowest BCUT2D eigenvalue weighted by Gasteiger charge is -2.36. The van der Waals surface area contributed by atoms with Crippen LogP contribution in [0.1, 0.15) is 5.56 Å². The molecule has 0 unspecified atom stereocenters. The van der Waals surface area contributed by atoms with E-state index < -0.39 is 11.9 Å². The number of anilines is 1. The topological polar surface area (TPSA) is 82.1 Å². The van der Waals surface area contributed by atoms with E-state index in [0.717, 1.165) is 24.3 Å². The number of carbonyl (C=O) groups is 2. The monoisotopic (exact) mass is 319 g/mol. The van der Waals surface area contributed by atoms with Gasteiger partial charge in [0.1, 0.15) is 0 Å². The van der Waals surface area contributed by atoms with Crippen LogP contribution in [0.2, 0.25) is 0 Å². The molecule has 2 saturated heterocycles. The second kappa shape index (κ2) is 6.87. The van der Waals surface area contributed by atoms with E-state index in [2.05, 4.69) is 16.3 Å². The summed E-state index contributed by atoms with van der Waals surface area (Å²) in [5, 5.41) is 11.7. The number of nitrogens with zero attached hydrogens (tertiary/aromatic N) is 2. The Labute approximate surface area is 134 Å². The predicted octanol–water partition coefficient (Wildman–Crippen LogP) is 0.749. The predicted molar refractivity (Wildman–Crippen MR) is 84.4 cm³/mol. The van der Waals surface area contributed by atoms with Gasteiger partial charge in [-0.05, 0) is 11.6 Å². The molecule has 124 valence electrons. The number of likely N-dealkylation sites (tertiary alicyclic amines) is 1. The van der Waals surface area contributed by atoms with Crippen molar-refractivity contribution in [2.45, 2.75) is 6.54 Å². The zero-order chi connectivity index (χ0) is 16.2. The number of urea groups is 1. The van der Waals surface area contributed by atoms with Crippen LogP contribution in [-0.2, 0) is 16.1 Å². The summed E-state index contributed by atoms with van der Waals surface area (Å²) in [6.07, 6.45) is 0. The SMILES string of the molecule is O=C(O)C1CN(C(=O)NCc2ccccc2N2CCOCC2)C1. The van der Waals surface area contributed by atoms with Crippen molar-refractivity contribution in [2.75, 3.05) is 44.3 Å². The first kappa shape index (κ1) is 15.6. The van der Waals surface area contributed by atoms with Crippen molar-refractivity contribution in [1.29, 1.82) is 0 Å². The minimum Gasteiger partial charge on any atom is -0.481 e. The van der Waals surface area contributed by atoms with E-state index in [1.165, 1.54) is 4.90 Å². The molecule has 1 aromatic rings. The largest absolute Gasteiger partial charge is 0.481 e. The van der Waals surface area contributed by atoms with E-state index >= 15 is 0 Å². The quantitative estimate of drug-likeness (QED) is 0.856. The number of nitrogens with one attached hydrogen (secondary N) is 1. The second-order valence-electron chi connectivity index (χ2n) is 5.83. The van der Waals surface area contributed by atoms with Crippen LogP contribution in [0.25, 0.3) is 0 Å². The van der Waals surface area contributed by atoms with Crippen LogP contribution < -0.4 is 10.2 Å². The molecule has 2 aliphatic rings. The first-order chi connectivity index (χ1) is 11.1. The van der Waals surface area contributed by atoms with Crippen LogP contribution in [0.3, 0.4) is 0 Å². The van der Waals surface area contributed by atoms with Crippen molar-refractivity contribution >= 4 is 17.7 Å². The number of benzene rings is 1. The van der Waals surface area contributed by atoms with Crippen LogP contribution in [0.5, 0.6) is 0 Å². The number of hydrogen-bond acceptors (Lipinski definition) is 4. The van der Waals surface area contributed by atoms with Gasteiger partial charge in [-0.2, -0.15) is 0 Å². The van der Waals surface area contributed by atoms with E-state index in [-0.39, 0.29) is 19.1 Å². The molecule has 0 aliphatic carbocycles. The number of aliphatic carboxylic acids is 1. The summed E-state index contributed by atoms with van der Waals surface area (Å²) in [4.78, 5) is 26.6. The molecule has 2 heterocycles. The van der Waals surface area contributed by atoms with E-state index in [0.29, 0.717) is 19.8 Å². The summed E-state index contributed by atoms with van der Waals surface area (Å²) in [5.74, 6) is -1.27. The molecule has 0 bridgehead atoms. The number of morpholine rings is 1. The third-order valence-corrected chi connectivity index (χ3v) is 4.29.